The number of amides is 1. The van der Waals surface area contributed by atoms with Gasteiger partial charge in [0.25, 0.3) is 0 Å². The number of rotatable bonds is 5. The molecule has 0 unspecified atom stereocenters. The Morgan fingerprint density at radius 2 is 2.47 bits per heavy atom. The summed E-state index contributed by atoms with van der Waals surface area (Å²) in [7, 11) is 0. The van der Waals surface area contributed by atoms with Gasteiger partial charge in [-0.1, -0.05) is 5.16 Å². The van der Waals surface area contributed by atoms with Crippen LogP contribution in [-0.2, 0) is 17.9 Å². The fourth-order valence-corrected chi connectivity index (χ4v) is 2.16. The summed E-state index contributed by atoms with van der Waals surface area (Å²) in [4.78, 5) is 16.4. The predicted octanol–water partition coefficient (Wildman–Crippen LogP) is 1.26. The summed E-state index contributed by atoms with van der Waals surface area (Å²) in [6.45, 7) is 1.92. The van der Waals surface area contributed by atoms with E-state index in [0.29, 0.717) is 11.7 Å². The first-order valence-corrected chi connectivity index (χ1v) is 6.48. The van der Waals surface area contributed by atoms with Gasteiger partial charge in [-0.25, -0.2) is 0 Å². The lowest BCUT2D eigenvalue weighted by Crippen LogP contribution is -2.20. The number of hydrogen-bond donors (Lipinski definition) is 2. The van der Waals surface area contributed by atoms with E-state index < -0.39 is 0 Å². The minimum atomic E-state index is -0.235. The summed E-state index contributed by atoms with van der Waals surface area (Å²) < 4.78 is 4.79. The maximum absolute atomic E-state index is 11.5. The van der Waals surface area contributed by atoms with Crippen molar-refractivity contribution in [1.82, 2.24) is 15.5 Å². The fraction of sp³-hybridized carbons (Fsp3) is 0.250. The smallest absolute Gasteiger partial charge is 0.244 e. The van der Waals surface area contributed by atoms with Crippen LogP contribution >= 0.6 is 11.3 Å². The summed E-state index contributed by atoms with van der Waals surface area (Å²) in [6.07, 6.45) is 3.13. The largest absolute Gasteiger partial charge is 0.392 e. The molecule has 2 rings (SSSR count). The van der Waals surface area contributed by atoms with Crippen molar-refractivity contribution in [3.05, 3.63) is 39.7 Å². The Morgan fingerprint density at radius 1 is 1.63 bits per heavy atom. The third-order valence-electron chi connectivity index (χ3n) is 2.25. The van der Waals surface area contributed by atoms with E-state index in [-0.39, 0.29) is 19.1 Å². The van der Waals surface area contributed by atoms with Crippen molar-refractivity contribution in [2.75, 3.05) is 0 Å². The van der Waals surface area contributed by atoms with E-state index in [4.69, 9.17) is 9.63 Å². The number of aliphatic hydroxyl groups is 1. The normalized spacial score (nSPS) is 11.1. The highest BCUT2D eigenvalue weighted by atomic mass is 32.1. The van der Waals surface area contributed by atoms with E-state index in [1.165, 1.54) is 17.4 Å². The Kier molecular flexibility index (Phi) is 4.43. The van der Waals surface area contributed by atoms with Crippen molar-refractivity contribution in [2.45, 2.75) is 20.1 Å². The topological polar surface area (TPSA) is 88.2 Å². The number of hydrogen-bond acceptors (Lipinski definition) is 6. The number of aromatic nitrogens is 2. The van der Waals surface area contributed by atoms with Crippen molar-refractivity contribution in [3.63, 3.8) is 0 Å². The monoisotopic (exact) mass is 279 g/mol. The minimum Gasteiger partial charge on any atom is -0.392 e. The quantitative estimate of drug-likeness (QED) is 0.804. The highest BCUT2D eigenvalue weighted by molar-refractivity contribution is 7.11. The van der Waals surface area contributed by atoms with E-state index >= 15 is 0 Å². The second kappa shape index (κ2) is 6.26. The van der Waals surface area contributed by atoms with Crippen molar-refractivity contribution < 1.29 is 14.4 Å². The zero-order valence-corrected chi connectivity index (χ0v) is 11.1. The maximum atomic E-state index is 11.5. The van der Waals surface area contributed by atoms with Gasteiger partial charge in [-0.2, -0.15) is 4.98 Å². The zero-order valence-electron chi connectivity index (χ0n) is 10.3. The highest BCUT2D eigenvalue weighted by Crippen LogP contribution is 2.15. The lowest BCUT2D eigenvalue weighted by Gasteiger charge is -1.95. The minimum absolute atomic E-state index is 0.00765. The SMILES string of the molecule is Cc1nc(CNC(=O)C=Cc2cc(CO)cs2)no1. The second-order valence-corrected chi connectivity index (χ2v) is 4.74. The van der Waals surface area contributed by atoms with Crippen LogP contribution in [0.1, 0.15) is 22.2 Å². The van der Waals surface area contributed by atoms with Gasteiger partial charge in [0.1, 0.15) is 0 Å². The lowest BCUT2D eigenvalue weighted by molar-refractivity contribution is -0.116. The van der Waals surface area contributed by atoms with Gasteiger partial charge in [-0.3, -0.25) is 4.79 Å². The summed E-state index contributed by atoms with van der Waals surface area (Å²) in [5, 5.41) is 17.1. The Hall–Kier alpha value is -1.99. The number of thiophene rings is 1. The number of nitrogens with one attached hydrogen (secondary N) is 1. The molecule has 0 aliphatic carbocycles. The molecule has 0 aliphatic heterocycles. The molecule has 0 spiro atoms. The summed E-state index contributed by atoms with van der Waals surface area (Å²) in [6, 6.07) is 1.83. The van der Waals surface area contributed by atoms with Crippen LogP contribution in [-0.4, -0.2) is 21.2 Å². The van der Waals surface area contributed by atoms with Crippen LogP contribution in [0.2, 0.25) is 0 Å². The van der Waals surface area contributed by atoms with Crippen molar-refractivity contribution >= 4 is 23.3 Å². The molecule has 6 nitrogen and oxygen atoms in total. The zero-order chi connectivity index (χ0) is 13.7. The van der Waals surface area contributed by atoms with Crippen LogP contribution in [0.4, 0.5) is 0 Å². The van der Waals surface area contributed by atoms with E-state index in [0.717, 1.165) is 10.4 Å². The molecule has 0 aromatic carbocycles. The summed E-state index contributed by atoms with van der Waals surface area (Å²) in [5.74, 6) is 0.675. The molecular formula is C12H13N3O3S. The Morgan fingerprint density at radius 3 is 3.11 bits per heavy atom. The van der Waals surface area contributed by atoms with Gasteiger partial charge >= 0.3 is 0 Å². The molecule has 7 heteroatoms. The van der Waals surface area contributed by atoms with Crippen LogP contribution in [0.25, 0.3) is 6.08 Å². The predicted molar refractivity (Wildman–Crippen MR) is 70.2 cm³/mol. The molecule has 2 heterocycles. The van der Waals surface area contributed by atoms with E-state index in [1.54, 1.807) is 13.0 Å². The van der Waals surface area contributed by atoms with Crippen molar-refractivity contribution in [1.29, 1.82) is 0 Å². The van der Waals surface area contributed by atoms with Gasteiger partial charge < -0.3 is 14.9 Å². The van der Waals surface area contributed by atoms with Gasteiger partial charge in [-0.05, 0) is 23.1 Å². The van der Waals surface area contributed by atoms with Crippen LogP contribution < -0.4 is 5.32 Å². The molecule has 0 fully saturated rings. The number of nitrogens with zero attached hydrogens (tertiary/aromatic N) is 2. The summed E-state index contributed by atoms with van der Waals surface area (Å²) in [5.41, 5.74) is 0.840. The highest BCUT2D eigenvalue weighted by Gasteiger charge is 2.03. The molecule has 19 heavy (non-hydrogen) atoms. The van der Waals surface area contributed by atoms with Crippen LogP contribution in [0.3, 0.4) is 0 Å². The number of carbonyl (C=O) groups is 1. The number of aliphatic hydroxyl groups excluding tert-OH is 1. The van der Waals surface area contributed by atoms with E-state index in [2.05, 4.69) is 15.5 Å². The second-order valence-electron chi connectivity index (χ2n) is 3.80. The van der Waals surface area contributed by atoms with E-state index in [9.17, 15) is 4.79 Å². The molecule has 2 aromatic heterocycles. The van der Waals surface area contributed by atoms with Gasteiger partial charge in [0.15, 0.2) is 5.82 Å². The maximum Gasteiger partial charge on any atom is 0.244 e. The first-order valence-electron chi connectivity index (χ1n) is 5.61. The first-order chi connectivity index (χ1) is 9.17. The third kappa shape index (κ3) is 4.01. The lowest BCUT2D eigenvalue weighted by atomic mass is 10.3. The number of aryl methyl sites for hydroxylation is 1. The molecule has 1 amide bonds. The molecule has 0 aliphatic rings. The molecular weight excluding hydrogens is 266 g/mol. The number of carbonyl (C=O) groups excluding carboxylic acids is 1. The van der Waals surface area contributed by atoms with Gasteiger partial charge in [0.2, 0.25) is 11.8 Å². The van der Waals surface area contributed by atoms with Crippen molar-refractivity contribution in [2.24, 2.45) is 0 Å². The average Bonchev–Trinajstić information content (AvgIpc) is 3.02. The van der Waals surface area contributed by atoms with Crippen LogP contribution in [0.5, 0.6) is 0 Å². The Bertz CT molecular complexity index is 589. The first kappa shape index (κ1) is 13.4. The third-order valence-corrected chi connectivity index (χ3v) is 3.19. The van der Waals surface area contributed by atoms with Gasteiger partial charge in [-0.15, -0.1) is 11.3 Å². The fourth-order valence-electron chi connectivity index (χ4n) is 1.36. The molecule has 2 N–H and O–H groups in total. The van der Waals surface area contributed by atoms with Crippen LogP contribution in [0, 0.1) is 6.92 Å². The van der Waals surface area contributed by atoms with Gasteiger partial charge in [0, 0.05) is 17.9 Å². The molecule has 0 saturated heterocycles. The molecule has 0 atom stereocenters. The standard InChI is InChI=1S/C12H13N3O3S/c1-8-14-11(15-18-8)5-13-12(17)3-2-10-4-9(6-16)7-19-10/h2-4,7,16H,5-6H2,1H3,(H,13,17). The molecule has 100 valence electrons. The summed E-state index contributed by atoms with van der Waals surface area (Å²) >= 11 is 1.47. The van der Waals surface area contributed by atoms with E-state index in [1.807, 2.05) is 11.4 Å². The van der Waals surface area contributed by atoms with Crippen molar-refractivity contribution in [3.8, 4) is 0 Å². The average molecular weight is 279 g/mol. The molecule has 0 saturated carbocycles. The Balaban J connectivity index is 1.83. The molecule has 2 aromatic rings. The van der Waals surface area contributed by atoms with Crippen LogP contribution in [0.15, 0.2) is 22.0 Å². The molecule has 0 bridgehead atoms. The molecule has 0 radical (unpaired) electrons. The Labute approximate surface area is 113 Å². The van der Waals surface area contributed by atoms with Gasteiger partial charge in [0.05, 0.1) is 13.2 Å².